The minimum absolute atomic E-state index is 0.0575. The fraction of sp³-hybridized carbons (Fsp3) is 0.133. The summed E-state index contributed by atoms with van der Waals surface area (Å²) in [6.07, 6.45) is 2.71. The van der Waals surface area contributed by atoms with Crippen molar-refractivity contribution in [3.63, 3.8) is 0 Å². The molecular formula is C15H14N2S. The predicted molar refractivity (Wildman–Crippen MR) is 76.7 cm³/mol. The molecule has 0 saturated heterocycles. The molecular weight excluding hydrogens is 240 g/mol. The fourth-order valence-corrected chi connectivity index (χ4v) is 2.90. The van der Waals surface area contributed by atoms with Gasteiger partial charge in [0.25, 0.3) is 0 Å². The summed E-state index contributed by atoms with van der Waals surface area (Å²) in [6.45, 7) is 0. The lowest BCUT2D eigenvalue weighted by Gasteiger charge is -2.11. The summed E-state index contributed by atoms with van der Waals surface area (Å²) in [6, 6.07) is 12.4. The Kier molecular flexibility index (Phi) is 3.09. The van der Waals surface area contributed by atoms with Gasteiger partial charge in [0.2, 0.25) is 0 Å². The first-order valence-corrected chi connectivity index (χ1v) is 6.89. The van der Waals surface area contributed by atoms with Crippen LogP contribution in [-0.2, 0) is 6.42 Å². The van der Waals surface area contributed by atoms with Crippen LogP contribution in [0.2, 0.25) is 0 Å². The smallest absolute Gasteiger partial charge is 0.0704 e. The van der Waals surface area contributed by atoms with Gasteiger partial charge in [-0.1, -0.05) is 18.2 Å². The molecule has 2 N–H and O–H groups in total. The van der Waals surface area contributed by atoms with Gasteiger partial charge >= 0.3 is 0 Å². The standard InChI is InChI=1S/C15H14N2S/c16-14(12-6-8-18-10-12)9-11-5-7-17-15-4-2-1-3-13(11)15/h1-8,10,14H,9,16H2. The van der Waals surface area contributed by atoms with Gasteiger partial charge in [-0.15, -0.1) is 0 Å². The van der Waals surface area contributed by atoms with E-state index >= 15 is 0 Å². The number of aromatic nitrogens is 1. The van der Waals surface area contributed by atoms with E-state index in [1.165, 1.54) is 16.5 Å². The zero-order valence-electron chi connectivity index (χ0n) is 9.91. The number of hydrogen-bond donors (Lipinski definition) is 1. The van der Waals surface area contributed by atoms with E-state index in [4.69, 9.17) is 5.73 Å². The lowest BCUT2D eigenvalue weighted by molar-refractivity contribution is 0.728. The Labute approximate surface area is 110 Å². The number of pyridine rings is 1. The average Bonchev–Trinajstić information content (AvgIpc) is 2.93. The number of rotatable bonds is 3. The number of para-hydroxylation sites is 1. The zero-order valence-corrected chi connectivity index (χ0v) is 10.7. The number of nitrogens with two attached hydrogens (primary N) is 1. The molecule has 2 nitrogen and oxygen atoms in total. The Bertz CT molecular complexity index is 641. The Morgan fingerprint density at radius 2 is 2.06 bits per heavy atom. The Hall–Kier alpha value is -1.71. The van der Waals surface area contributed by atoms with Gasteiger partial charge in [-0.3, -0.25) is 4.98 Å². The molecule has 0 bridgehead atoms. The van der Waals surface area contributed by atoms with E-state index < -0.39 is 0 Å². The molecule has 0 spiro atoms. The molecule has 0 saturated carbocycles. The molecule has 0 aliphatic carbocycles. The van der Waals surface area contributed by atoms with E-state index in [1.54, 1.807) is 11.3 Å². The van der Waals surface area contributed by atoms with Gasteiger partial charge in [0.1, 0.15) is 0 Å². The normalized spacial score (nSPS) is 12.7. The third-order valence-electron chi connectivity index (χ3n) is 3.15. The first-order chi connectivity index (χ1) is 8.84. The van der Waals surface area contributed by atoms with Gasteiger partial charge in [-0.2, -0.15) is 11.3 Å². The topological polar surface area (TPSA) is 38.9 Å². The van der Waals surface area contributed by atoms with E-state index in [2.05, 4.69) is 33.9 Å². The molecule has 90 valence electrons. The van der Waals surface area contributed by atoms with Crippen LogP contribution in [0.5, 0.6) is 0 Å². The van der Waals surface area contributed by atoms with E-state index in [-0.39, 0.29) is 6.04 Å². The quantitative estimate of drug-likeness (QED) is 0.776. The minimum Gasteiger partial charge on any atom is -0.324 e. The molecule has 1 atom stereocenters. The second-order valence-electron chi connectivity index (χ2n) is 4.35. The van der Waals surface area contributed by atoms with Crippen LogP contribution in [0, 0.1) is 0 Å². The fourth-order valence-electron chi connectivity index (χ4n) is 2.17. The summed E-state index contributed by atoms with van der Waals surface area (Å²) in [5.41, 5.74) is 9.76. The van der Waals surface area contributed by atoms with Gasteiger partial charge in [0, 0.05) is 17.6 Å². The van der Waals surface area contributed by atoms with Crippen molar-refractivity contribution in [3.8, 4) is 0 Å². The van der Waals surface area contributed by atoms with Crippen LogP contribution in [-0.4, -0.2) is 4.98 Å². The lowest BCUT2D eigenvalue weighted by Crippen LogP contribution is -2.12. The summed E-state index contributed by atoms with van der Waals surface area (Å²) < 4.78 is 0. The SMILES string of the molecule is NC(Cc1ccnc2ccccc12)c1ccsc1. The predicted octanol–water partition coefficient (Wildman–Crippen LogP) is 3.54. The summed E-state index contributed by atoms with van der Waals surface area (Å²) in [5.74, 6) is 0. The largest absolute Gasteiger partial charge is 0.324 e. The van der Waals surface area contributed by atoms with Gasteiger partial charge in [-0.05, 0) is 46.5 Å². The van der Waals surface area contributed by atoms with Crippen LogP contribution in [0.25, 0.3) is 10.9 Å². The average molecular weight is 254 g/mol. The third kappa shape index (κ3) is 2.15. The van der Waals surface area contributed by atoms with Crippen LogP contribution >= 0.6 is 11.3 Å². The number of benzene rings is 1. The Balaban J connectivity index is 1.95. The van der Waals surface area contributed by atoms with Gasteiger partial charge in [-0.25, -0.2) is 0 Å². The third-order valence-corrected chi connectivity index (χ3v) is 3.85. The summed E-state index contributed by atoms with van der Waals surface area (Å²) in [7, 11) is 0. The van der Waals surface area contributed by atoms with Crippen molar-refractivity contribution in [2.75, 3.05) is 0 Å². The molecule has 0 fully saturated rings. The molecule has 0 radical (unpaired) electrons. The molecule has 0 aliphatic rings. The van der Waals surface area contributed by atoms with Crippen molar-refractivity contribution in [1.82, 2.24) is 4.98 Å². The second-order valence-corrected chi connectivity index (χ2v) is 5.13. The second kappa shape index (κ2) is 4.88. The highest BCUT2D eigenvalue weighted by Gasteiger charge is 2.09. The van der Waals surface area contributed by atoms with Crippen LogP contribution in [0.1, 0.15) is 17.2 Å². The van der Waals surface area contributed by atoms with Crippen LogP contribution < -0.4 is 5.73 Å². The molecule has 3 heteroatoms. The maximum atomic E-state index is 6.25. The highest BCUT2D eigenvalue weighted by Crippen LogP contribution is 2.23. The van der Waals surface area contributed by atoms with Crippen molar-refractivity contribution >= 4 is 22.2 Å². The van der Waals surface area contributed by atoms with Crippen molar-refractivity contribution in [1.29, 1.82) is 0 Å². The highest BCUT2D eigenvalue weighted by atomic mass is 32.1. The molecule has 18 heavy (non-hydrogen) atoms. The monoisotopic (exact) mass is 254 g/mol. The molecule has 1 aromatic carbocycles. The van der Waals surface area contributed by atoms with Gasteiger partial charge in [0.05, 0.1) is 5.52 Å². The zero-order chi connectivity index (χ0) is 12.4. The molecule has 0 amide bonds. The maximum absolute atomic E-state index is 6.25. The van der Waals surface area contributed by atoms with Crippen molar-refractivity contribution in [2.45, 2.75) is 12.5 Å². The van der Waals surface area contributed by atoms with Crippen molar-refractivity contribution in [3.05, 3.63) is 64.5 Å². The van der Waals surface area contributed by atoms with Crippen LogP contribution in [0.3, 0.4) is 0 Å². The Morgan fingerprint density at radius 3 is 2.89 bits per heavy atom. The summed E-state index contributed by atoms with van der Waals surface area (Å²) in [5, 5.41) is 5.39. The van der Waals surface area contributed by atoms with Gasteiger partial charge in [0.15, 0.2) is 0 Å². The van der Waals surface area contributed by atoms with Crippen LogP contribution in [0.4, 0.5) is 0 Å². The Morgan fingerprint density at radius 1 is 1.17 bits per heavy atom. The number of thiophene rings is 1. The number of nitrogens with zero attached hydrogens (tertiary/aromatic N) is 1. The van der Waals surface area contributed by atoms with E-state index in [1.807, 2.05) is 24.4 Å². The first kappa shape index (κ1) is 11.4. The van der Waals surface area contributed by atoms with Crippen molar-refractivity contribution < 1.29 is 0 Å². The molecule has 3 rings (SSSR count). The first-order valence-electron chi connectivity index (χ1n) is 5.95. The maximum Gasteiger partial charge on any atom is 0.0704 e. The van der Waals surface area contributed by atoms with E-state index in [0.717, 1.165) is 11.9 Å². The van der Waals surface area contributed by atoms with Gasteiger partial charge < -0.3 is 5.73 Å². The summed E-state index contributed by atoms with van der Waals surface area (Å²) >= 11 is 1.69. The minimum atomic E-state index is 0.0575. The molecule has 2 aromatic heterocycles. The van der Waals surface area contributed by atoms with Crippen LogP contribution in [0.15, 0.2) is 53.4 Å². The van der Waals surface area contributed by atoms with Crippen molar-refractivity contribution in [2.24, 2.45) is 5.73 Å². The molecule has 0 aliphatic heterocycles. The van der Waals surface area contributed by atoms with E-state index in [9.17, 15) is 0 Å². The lowest BCUT2D eigenvalue weighted by atomic mass is 9.99. The molecule has 2 heterocycles. The molecule has 1 unspecified atom stereocenters. The highest BCUT2D eigenvalue weighted by molar-refractivity contribution is 7.07. The molecule has 3 aromatic rings. The van der Waals surface area contributed by atoms with E-state index in [0.29, 0.717) is 0 Å². The number of fused-ring (bicyclic) bond motifs is 1. The number of hydrogen-bond acceptors (Lipinski definition) is 3. The summed E-state index contributed by atoms with van der Waals surface area (Å²) in [4.78, 5) is 4.37.